The first-order valence-corrected chi connectivity index (χ1v) is 8.74. The summed E-state index contributed by atoms with van der Waals surface area (Å²) in [6.45, 7) is 8.82. The molecule has 1 aromatic heterocycles. The lowest BCUT2D eigenvalue weighted by Crippen LogP contribution is -2.23. The Hall–Kier alpha value is -2.88. The number of carbonyl (C=O) groups is 1. The molecule has 3 aromatic rings. The van der Waals surface area contributed by atoms with Crippen molar-refractivity contribution in [3.05, 3.63) is 77.0 Å². The van der Waals surface area contributed by atoms with E-state index < -0.39 is 0 Å². The molecule has 4 nitrogen and oxygen atoms in total. The Morgan fingerprint density at radius 3 is 2.31 bits per heavy atom. The molecular formula is C22H24N2O2. The molecule has 0 saturated heterocycles. The second-order valence-electron chi connectivity index (χ2n) is 7.56. The molecule has 0 unspecified atom stereocenters. The molecule has 2 aromatic carbocycles. The molecule has 1 N–H and O–H groups in total. The fourth-order valence-electron chi connectivity index (χ4n) is 2.64. The van der Waals surface area contributed by atoms with Crippen LogP contribution in [-0.2, 0) is 12.0 Å². The van der Waals surface area contributed by atoms with Gasteiger partial charge in [0.25, 0.3) is 5.91 Å². The molecule has 0 saturated carbocycles. The van der Waals surface area contributed by atoms with Gasteiger partial charge >= 0.3 is 0 Å². The predicted molar refractivity (Wildman–Crippen MR) is 103 cm³/mol. The van der Waals surface area contributed by atoms with Gasteiger partial charge < -0.3 is 9.84 Å². The molecule has 0 spiro atoms. The fourth-order valence-corrected chi connectivity index (χ4v) is 2.64. The molecule has 1 amide bonds. The van der Waals surface area contributed by atoms with Crippen LogP contribution in [0.25, 0.3) is 11.3 Å². The van der Waals surface area contributed by atoms with Gasteiger partial charge in [0.05, 0.1) is 6.54 Å². The van der Waals surface area contributed by atoms with E-state index in [1.165, 1.54) is 11.1 Å². The summed E-state index contributed by atoms with van der Waals surface area (Å²) in [4.78, 5) is 12.3. The van der Waals surface area contributed by atoms with Gasteiger partial charge in [0.2, 0.25) is 0 Å². The second kappa shape index (κ2) is 7.16. The van der Waals surface area contributed by atoms with E-state index in [2.05, 4.69) is 31.2 Å². The Balaban J connectivity index is 1.62. The van der Waals surface area contributed by atoms with Crippen molar-refractivity contribution in [2.24, 2.45) is 0 Å². The highest BCUT2D eigenvalue weighted by Crippen LogP contribution is 2.22. The molecule has 0 aliphatic rings. The largest absolute Gasteiger partial charge is 0.356 e. The first-order chi connectivity index (χ1) is 12.3. The molecule has 26 heavy (non-hydrogen) atoms. The van der Waals surface area contributed by atoms with Crippen LogP contribution in [0.4, 0.5) is 0 Å². The zero-order valence-electron chi connectivity index (χ0n) is 15.7. The van der Waals surface area contributed by atoms with Gasteiger partial charge in [0.1, 0.15) is 5.69 Å². The number of rotatable bonds is 4. The van der Waals surface area contributed by atoms with Gasteiger partial charge in [-0.25, -0.2) is 0 Å². The van der Waals surface area contributed by atoms with Crippen molar-refractivity contribution in [3.63, 3.8) is 0 Å². The molecule has 0 aliphatic heterocycles. The van der Waals surface area contributed by atoms with E-state index >= 15 is 0 Å². The molecule has 3 rings (SSSR count). The summed E-state index contributed by atoms with van der Waals surface area (Å²) < 4.78 is 5.38. The van der Waals surface area contributed by atoms with Crippen molar-refractivity contribution >= 4 is 5.91 Å². The van der Waals surface area contributed by atoms with E-state index in [1.807, 2.05) is 61.5 Å². The van der Waals surface area contributed by atoms with E-state index in [-0.39, 0.29) is 11.3 Å². The molecule has 0 atom stereocenters. The quantitative estimate of drug-likeness (QED) is 0.731. The van der Waals surface area contributed by atoms with E-state index in [0.29, 0.717) is 23.6 Å². The smallest absolute Gasteiger partial charge is 0.251 e. The zero-order valence-corrected chi connectivity index (χ0v) is 15.7. The summed E-state index contributed by atoms with van der Waals surface area (Å²) in [7, 11) is 0. The van der Waals surface area contributed by atoms with Crippen LogP contribution in [0.15, 0.2) is 59.1 Å². The number of hydrogen-bond acceptors (Lipinski definition) is 3. The van der Waals surface area contributed by atoms with Crippen molar-refractivity contribution in [1.82, 2.24) is 10.5 Å². The van der Waals surface area contributed by atoms with Crippen LogP contribution in [0.1, 0.15) is 48.0 Å². The molecule has 4 heteroatoms. The fraction of sp³-hybridized carbons (Fsp3) is 0.273. The Kier molecular flexibility index (Phi) is 4.94. The lowest BCUT2D eigenvalue weighted by Gasteiger charge is -2.19. The van der Waals surface area contributed by atoms with Crippen LogP contribution in [0.5, 0.6) is 0 Å². The maximum Gasteiger partial charge on any atom is 0.251 e. The van der Waals surface area contributed by atoms with E-state index in [4.69, 9.17) is 4.52 Å². The number of nitrogens with one attached hydrogen (secondary N) is 1. The second-order valence-corrected chi connectivity index (χ2v) is 7.56. The number of carbonyl (C=O) groups excluding carboxylic acids is 1. The average molecular weight is 348 g/mol. The molecule has 0 aliphatic carbocycles. The van der Waals surface area contributed by atoms with E-state index in [1.54, 1.807) is 0 Å². The number of aromatic nitrogens is 1. The van der Waals surface area contributed by atoms with Crippen LogP contribution in [-0.4, -0.2) is 11.1 Å². The normalized spacial score (nSPS) is 11.4. The average Bonchev–Trinajstić information content (AvgIpc) is 3.08. The van der Waals surface area contributed by atoms with Crippen LogP contribution < -0.4 is 5.32 Å². The van der Waals surface area contributed by atoms with Gasteiger partial charge in [0, 0.05) is 17.2 Å². The summed E-state index contributed by atoms with van der Waals surface area (Å²) in [5.41, 5.74) is 4.77. The maximum atomic E-state index is 12.3. The Labute approximate surface area is 154 Å². The third-order valence-corrected chi connectivity index (χ3v) is 4.34. The monoisotopic (exact) mass is 348 g/mol. The molecule has 0 radical (unpaired) electrons. The third kappa shape index (κ3) is 4.20. The van der Waals surface area contributed by atoms with E-state index in [0.717, 1.165) is 5.56 Å². The van der Waals surface area contributed by atoms with Gasteiger partial charge in [-0.15, -0.1) is 0 Å². The first kappa shape index (κ1) is 17.9. The Morgan fingerprint density at radius 1 is 1.04 bits per heavy atom. The molecular weight excluding hydrogens is 324 g/mol. The van der Waals surface area contributed by atoms with Crippen LogP contribution in [0, 0.1) is 6.92 Å². The molecule has 134 valence electrons. The highest BCUT2D eigenvalue weighted by Gasteiger charge is 2.14. The van der Waals surface area contributed by atoms with Crippen molar-refractivity contribution < 1.29 is 9.32 Å². The highest BCUT2D eigenvalue weighted by molar-refractivity contribution is 5.94. The van der Waals surface area contributed by atoms with Crippen LogP contribution in [0.3, 0.4) is 0 Å². The van der Waals surface area contributed by atoms with Crippen molar-refractivity contribution in [1.29, 1.82) is 0 Å². The summed E-state index contributed by atoms with van der Waals surface area (Å²) >= 11 is 0. The van der Waals surface area contributed by atoms with Crippen LogP contribution in [0.2, 0.25) is 0 Å². The van der Waals surface area contributed by atoms with Crippen molar-refractivity contribution in [3.8, 4) is 11.3 Å². The summed E-state index contributed by atoms with van der Waals surface area (Å²) in [5.74, 6) is 0.578. The number of aryl methyl sites for hydroxylation is 1. The van der Waals surface area contributed by atoms with Crippen molar-refractivity contribution in [2.75, 3.05) is 0 Å². The van der Waals surface area contributed by atoms with Gasteiger partial charge in [-0.1, -0.05) is 67.9 Å². The van der Waals surface area contributed by atoms with E-state index in [9.17, 15) is 4.79 Å². The van der Waals surface area contributed by atoms with Gasteiger partial charge in [-0.05, 0) is 30.0 Å². The summed E-state index contributed by atoms with van der Waals surface area (Å²) in [5, 5.41) is 6.92. The zero-order chi connectivity index (χ0) is 18.7. The molecule has 0 fully saturated rings. The minimum absolute atomic E-state index is 0.0715. The van der Waals surface area contributed by atoms with Gasteiger partial charge in [-0.2, -0.15) is 0 Å². The number of amides is 1. The minimum Gasteiger partial charge on any atom is -0.356 e. The maximum absolute atomic E-state index is 12.3. The summed E-state index contributed by atoms with van der Waals surface area (Å²) in [6, 6.07) is 17.6. The predicted octanol–water partition coefficient (Wildman–Crippen LogP) is 4.88. The third-order valence-electron chi connectivity index (χ3n) is 4.34. The van der Waals surface area contributed by atoms with Gasteiger partial charge in [0.15, 0.2) is 5.76 Å². The number of benzene rings is 2. The minimum atomic E-state index is -0.120. The Bertz CT molecular complexity index is 885. The first-order valence-electron chi connectivity index (χ1n) is 8.74. The molecule has 0 bridgehead atoms. The lowest BCUT2D eigenvalue weighted by molar-refractivity contribution is 0.0950. The SMILES string of the molecule is Cc1ccc(-c2cc(CNC(=O)c3ccc(C(C)(C)C)cc3)no2)cc1. The molecule has 1 heterocycles. The standard InChI is InChI=1S/C22H24N2O2/c1-15-5-7-16(8-6-15)20-13-19(24-26-20)14-23-21(25)17-9-11-18(12-10-17)22(2,3)4/h5-13H,14H2,1-4H3,(H,23,25). The van der Waals surface area contributed by atoms with Crippen molar-refractivity contribution in [2.45, 2.75) is 39.7 Å². The number of hydrogen-bond donors (Lipinski definition) is 1. The number of nitrogens with zero attached hydrogens (tertiary/aromatic N) is 1. The topological polar surface area (TPSA) is 55.1 Å². The summed E-state index contributed by atoms with van der Waals surface area (Å²) in [6.07, 6.45) is 0. The van der Waals surface area contributed by atoms with Gasteiger partial charge in [-0.3, -0.25) is 4.79 Å². The Morgan fingerprint density at radius 2 is 1.69 bits per heavy atom. The highest BCUT2D eigenvalue weighted by atomic mass is 16.5. The lowest BCUT2D eigenvalue weighted by atomic mass is 9.87. The van der Waals surface area contributed by atoms with Crippen LogP contribution >= 0.6 is 0 Å².